The lowest BCUT2D eigenvalue weighted by Gasteiger charge is -2.11. The minimum absolute atomic E-state index is 0. The molecule has 25 heavy (non-hydrogen) atoms. The summed E-state index contributed by atoms with van der Waals surface area (Å²) in [6.07, 6.45) is 0. The molecular formula is C17H20ClIN4O2. The fourth-order valence-corrected chi connectivity index (χ4v) is 2.38. The quantitative estimate of drug-likeness (QED) is 0.217. The number of halogens is 2. The van der Waals surface area contributed by atoms with Gasteiger partial charge >= 0.3 is 0 Å². The van der Waals surface area contributed by atoms with Crippen LogP contribution in [0.15, 0.2) is 53.5 Å². The number of nitrogens with one attached hydrogen (secondary N) is 2. The van der Waals surface area contributed by atoms with Gasteiger partial charge in [0.05, 0.1) is 11.5 Å². The van der Waals surface area contributed by atoms with Crippen LogP contribution in [-0.2, 0) is 13.1 Å². The van der Waals surface area contributed by atoms with Gasteiger partial charge in [-0.2, -0.15) is 0 Å². The van der Waals surface area contributed by atoms with Crippen LogP contribution in [0.5, 0.6) is 0 Å². The lowest BCUT2D eigenvalue weighted by atomic mass is 10.2. The van der Waals surface area contributed by atoms with E-state index in [1.807, 2.05) is 31.2 Å². The molecule has 2 N–H and O–H groups in total. The Labute approximate surface area is 168 Å². The molecule has 0 aromatic heterocycles. The Hall–Kier alpha value is -1.87. The summed E-state index contributed by atoms with van der Waals surface area (Å²) in [5.74, 6) is 0.593. The van der Waals surface area contributed by atoms with Gasteiger partial charge in [0, 0.05) is 29.7 Å². The molecular weight excluding hydrogens is 455 g/mol. The number of nitro benzene ring substituents is 1. The Balaban J connectivity index is 0.00000312. The second-order valence-corrected chi connectivity index (χ2v) is 5.50. The van der Waals surface area contributed by atoms with Crippen molar-refractivity contribution in [3.05, 3.63) is 74.8 Å². The zero-order valence-corrected chi connectivity index (χ0v) is 16.8. The number of guanidine groups is 1. The van der Waals surface area contributed by atoms with Gasteiger partial charge in [-0.3, -0.25) is 10.1 Å². The predicted molar refractivity (Wildman–Crippen MR) is 112 cm³/mol. The molecule has 8 heteroatoms. The van der Waals surface area contributed by atoms with Crippen LogP contribution in [0.4, 0.5) is 5.69 Å². The van der Waals surface area contributed by atoms with Crippen LogP contribution < -0.4 is 10.6 Å². The first-order chi connectivity index (χ1) is 11.6. The van der Waals surface area contributed by atoms with Gasteiger partial charge in [0.2, 0.25) is 0 Å². The SMILES string of the molecule is CCNC(=NCc1cccc(Cl)c1)NCc1ccccc1[N+](=O)[O-].I. The summed E-state index contributed by atoms with van der Waals surface area (Å²) < 4.78 is 0. The lowest BCUT2D eigenvalue weighted by molar-refractivity contribution is -0.385. The number of aliphatic imine (C=N–C) groups is 1. The summed E-state index contributed by atoms with van der Waals surface area (Å²) in [7, 11) is 0. The predicted octanol–water partition coefficient (Wildman–Crippen LogP) is 4.12. The van der Waals surface area contributed by atoms with E-state index in [-0.39, 0.29) is 34.6 Å². The fraction of sp³-hybridized carbons (Fsp3) is 0.235. The maximum absolute atomic E-state index is 11.1. The van der Waals surface area contributed by atoms with Crippen molar-refractivity contribution in [3.8, 4) is 0 Å². The molecule has 2 aromatic carbocycles. The van der Waals surface area contributed by atoms with E-state index in [0.717, 1.165) is 5.56 Å². The summed E-state index contributed by atoms with van der Waals surface area (Å²) in [6, 6.07) is 14.1. The molecule has 0 saturated heterocycles. The van der Waals surface area contributed by atoms with Crippen LogP contribution in [0.25, 0.3) is 0 Å². The van der Waals surface area contributed by atoms with E-state index in [4.69, 9.17) is 11.6 Å². The number of hydrogen-bond donors (Lipinski definition) is 2. The van der Waals surface area contributed by atoms with Gasteiger partial charge in [-0.1, -0.05) is 41.9 Å². The Morgan fingerprint density at radius 3 is 2.64 bits per heavy atom. The topological polar surface area (TPSA) is 79.6 Å². The minimum atomic E-state index is -0.382. The average molecular weight is 475 g/mol. The van der Waals surface area contributed by atoms with Crippen molar-refractivity contribution >= 4 is 47.2 Å². The summed E-state index contributed by atoms with van der Waals surface area (Å²) in [6.45, 7) is 3.44. The van der Waals surface area contributed by atoms with E-state index in [1.54, 1.807) is 18.2 Å². The van der Waals surface area contributed by atoms with Crippen molar-refractivity contribution in [1.82, 2.24) is 10.6 Å². The Bertz CT molecular complexity index is 740. The van der Waals surface area contributed by atoms with E-state index in [1.165, 1.54) is 6.07 Å². The molecule has 0 heterocycles. The molecule has 0 atom stereocenters. The Morgan fingerprint density at radius 2 is 1.96 bits per heavy atom. The van der Waals surface area contributed by atoms with Crippen LogP contribution in [0.2, 0.25) is 5.02 Å². The first-order valence-corrected chi connectivity index (χ1v) is 7.97. The van der Waals surface area contributed by atoms with Crippen molar-refractivity contribution in [3.63, 3.8) is 0 Å². The maximum atomic E-state index is 11.1. The third-order valence-corrected chi connectivity index (χ3v) is 3.52. The van der Waals surface area contributed by atoms with Crippen LogP contribution in [-0.4, -0.2) is 17.4 Å². The van der Waals surface area contributed by atoms with E-state index < -0.39 is 0 Å². The molecule has 0 bridgehead atoms. The molecule has 2 aromatic rings. The Morgan fingerprint density at radius 1 is 1.20 bits per heavy atom. The van der Waals surface area contributed by atoms with Crippen LogP contribution in [0.3, 0.4) is 0 Å². The van der Waals surface area contributed by atoms with Gasteiger partial charge in [-0.15, -0.1) is 24.0 Å². The third-order valence-electron chi connectivity index (χ3n) is 3.29. The van der Waals surface area contributed by atoms with Crippen molar-refractivity contribution < 1.29 is 4.92 Å². The van der Waals surface area contributed by atoms with Crippen LogP contribution >= 0.6 is 35.6 Å². The zero-order chi connectivity index (χ0) is 17.4. The highest BCUT2D eigenvalue weighted by molar-refractivity contribution is 14.0. The van der Waals surface area contributed by atoms with Crippen LogP contribution in [0, 0.1) is 10.1 Å². The average Bonchev–Trinajstić information content (AvgIpc) is 2.57. The highest BCUT2D eigenvalue weighted by Gasteiger charge is 2.12. The zero-order valence-electron chi connectivity index (χ0n) is 13.7. The minimum Gasteiger partial charge on any atom is -0.357 e. The molecule has 0 aliphatic rings. The molecule has 0 aliphatic carbocycles. The highest BCUT2D eigenvalue weighted by atomic mass is 127. The van der Waals surface area contributed by atoms with Gasteiger partial charge in [-0.25, -0.2) is 4.99 Å². The fourth-order valence-electron chi connectivity index (χ4n) is 2.16. The number of hydrogen-bond acceptors (Lipinski definition) is 3. The van der Waals surface area contributed by atoms with E-state index >= 15 is 0 Å². The molecule has 0 aliphatic heterocycles. The molecule has 0 fully saturated rings. The molecule has 0 unspecified atom stereocenters. The van der Waals surface area contributed by atoms with Crippen molar-refractivity contribution in [2.75, 3.05) is 6.54 Å². The standard InChI is InChI=1S/C17H19ClN4O2.HI/c1-2-19-17(20-11-13-6-5-8-15(18)10-13)21-12-14-7-3-4-9-16(14)22(23)24;/h3-10H,2,11-12H2,1H3,(H2,19,20,21);1H. The Kier molecular flexibility index (Phi) is 9.22. The number of para-hydroxylation sites is 1. The molecule has 0 saturated carbocycles. The van der Waals surface area contributed by atoms with Crippen molar-refractivity contribution in [2.45, 2.75) is 20.0 Å². The van der Waals surface area contributed by atoms with E-state index in [2.05, 4.69) is 15.6 Å². The number of nitrogens with zero attached hydrogens (tertiary/aromatic N) is 2. The molecule has 6 nitrogen and oxygen atoms in total. The van der Waals surface area contributed by atoms with E-state index in [0.29, 0.717) is 36.2 Å². The number of nitro groups is 1. The first kappa shape index (κ1) is 21.2. The molecule has 0 spiro atoms. The van der Waals surface area contributed by atoms with Crippen molar-refractivity contribution in [1.29, 1.82) is 0 Å². The van der Waals surface area contributed by atoms with Crippen molar-refractivity contribution in [2.24, 2.45) is 4.99 Å². The summed E-state index contributed by atoms with van der Waals surface area (Å²) >= 11 is 5.97. The van der Waals surface area contributed by atoms with Gasteiger partial charge in [-0.05, 0) is 24.6 Å². The number of benzene rings is 2. The van der Waals surface area contributed by atoms with Gasteiger partial charge in [0.1, 0.15) is 0 Å². The van der Waals surface area contributed by atoms with Gasteiger partial charge in [0.25, 0.3) is 5.69 Å². The third kappa shape index (κ3) is 6.87. The largest absolute Gasteiger partial charge is 0.357 e. The number of rotatable bonds is 6. The summed E-state index contributed by atoms with van der Waals surface area (Å²) in [4.78, 5) is 15.2. The summed E-state index contributed by atoms with van der Waals surface area (Å²) in [5.41, 5.74) is 1.69. The monoisotopic (exact) mass is 474 g/mol. The molecule has 134 valence electrons. The van der Waals surface area contributed by atoms with E-state index in [9.17, 15) is 10.1 Å². The smallest absolute Gasteiger partial charge is 0.274 e. The van der Waals surface area contributed by atoms with Gasteiger partial charge in [0.15, 0.2) is 5.96 Å². The van der Waals surface area contributed by atoms with Gasteiger partial charge < -0.3 is 10.6 Å². The second kappa shape index (κ2) is 10.9. The normalized spacial score (nSPS) is 10.7. The summed E-state index contributed by atoms with van der Waals surface area (Å²) in [5, 5.41) is 18.0. The highest BCUT2D eigenvalue weighted by Crippen LogP contribution is 2.17. The molecule has 0 radical (unpaired) electrons. The maximum Gasteiger partial charge on any atom is 0.274 e. The first-order valence-electron chi connectivity index (χ1n) is 7.59. The molecule has 0 amide bonds. The molecule has 2 rings (SSSR count). The second-order valence-electron chi connectivity index (χ2n) is 5.06. The van der Waals surface area contributed by atoms with Crippen LogP contribution in [0.1, 0.15) is 18.1 Å². The lowest BCUT2D eigenvalue weighted by Crippen LogP contribution is -2.36.